The van der Waals surface area contributed by atoms with Gasteiger partial charge < -0.3 is 10.6 Å². The molecule has 2 N–H and O–H groups in total. The fourth-order valence-electron chi connectivity index (χ4n) is 3.22. The van der Waals surface area contributed by atoms with Crippen molar-refractivity contribution in [3.8, 4) is 11.3 Å². The minimum atomic E-state index is -0.0635. The summed E-state index contributed by atoms with van der Waals surface area (Å²) in [7, 11) is 0. The predicted octanol–water partition coefficient (Wildman–Crippen LogP) is 4.03. The van der Waals surface area contributed by atoms with Crippen molar-refractivity contribution in [2.24, 2.45) is 0 Å². The first kappa shape index (κ1) is 17.4. The van der Waals surface area contributed by atoms with Gasteiger partial charge in [0, 0.05) is 29.3 Å². The molecule has 1 aromatic carbocycles. The Morgan fingerprint density at radius 2 is 1.92 bits per heavy atom. The minimum absolute atomic E-state index is 0.0635. The quantitative estimate of drug-likeness (QED) is 0.864. The highest BCUT2D eigenvalue weighted by Gasteiger charge is 2.14. The molecular weight excluding hydrogens is 312 g/mol. The van der Waals surface area contributed by atoms with Crippen LogP contribution in [0.4, 0.5) is 5.82 Å². The average Bonchev–Trinajstić information content (AvgIpc) is 2.62. The zero-order valence-corrected chi connectivity index (χ0v) is 15.0. The number of carbonyl (C=O) groups excluding carboxylic acids is 1. The summed E-state index contributed by atoms with van der Waals surface area (Å²) in [6.45, 7) is 3.91. The Balaban J connectivity index is 1.77. The Hall–Kier alpha value is -2.43. The van der Waals surface area contributed by atoms with Crippen LogP contribution in [-0.2, 0) is 0 Å². The van der Waals surface area contributed by atoms with Gasteiger partial charge in [0.25, 0.3) is 5.91 Å². The highest BCUT2D eigenvalue weighted by Crippen LogP contribution is 2.23. The van der Waals surface area contributed by atoms with Gasteiger partial charge in [-0.25, -0.2) is 9.97 Å². The molecule has 0 radical (unpaired) electrons. The van der Waals surface area contributed by atoms with Crippen molar-refractivity contribution >= 4 is 11.7 Å². The summed E-state index contributed by atoms with van der Waals surface area (Å²) in [4.78, 5) is 20.9. The second-order valence-corrected chi connectivity index (χ2v) is 6.98. The van der Waals surface area contributed by atoms with Gasteiger partial charge in [-0.15, -0.1) is 0 Å². The van der Waals surface area contributed by atoms with Gasteiger partial charge >= 0.3 is 0 Å². The third kappa shape index (κ3) is 4.78. The van der Waals surface area contributed by atoms with E-state index >= 15 is 0 Å². The molecule has 1 aromatic heterocycles. The van der Waals surface area contributed by atoms with Gasteiger partial charge in [0.15, 0.2) is 0 Å². The molecule has 2 aromatic rings. The topological polar surface area (TPSA) is 66.9 Å². The molecule has 3 rings (SSSR count). The molecule has 1 heterocycles. The van der Waals surface area contributed by atoms with E-state index in [0.717, 1.165) is 17.1 Å². The molecule has 5 nitrogen and oxygen atoms in total. The van der Waals surface area contributed by atoms with Crippen LogP contribution in [0.1, 0.15) is 56.3 Å². The number of aromatic nitrogens is 2. The van der Waals surface area contributed by atoms with Gasteiger partial charge in [-0.1, -0.05) is 31.4 Å². The van der Waals surface area contributed by atoms with Crippen LogP contribution < -0.4 is 10.6 Å². The van der Waals surface area contributed by atoms with Crippen molar-refractivity contribution in [1.82, 2.24) is 15.3 Å². The molecular formula is C20H26N4O. The predicted molar refractivity (Wildman–Crippen MR) is 101 cm³/mol. The number of anilines is 1. The number of rotatable bonds is 5. The van der Waals surface area contributed by atoms with Crippen molar-refractivity contribution in [2.45, 2.75) is 58.0 Å². The molecule has 1 fully saturated rings. The Bertz CT molecular complexity index is 723. The summed E-state index contributed by atoms with van der Waals surface area (Å²) in [5.41, 5.74) is 2.39. The van der Waals surface area contributed by atoms with Gasteiger partial charge in [0.05, 0.1) is 5.69 Å². The largest absolute Gasteiger partial charge is 0.367 e. The van der Waals surface area contributed by atoms with E-state index in [1.807, 2.05) is 44.2 Å². The molecule has 0 atom stereocenters. The van der Waals surface area contributed by atoms with E-state index in [4.69, 9.17) is 0 Å². The van der Waals surface area contributed by atoms with E-state index in [-0.39, 0.29) is 11.9 Å². The van der Waals surface area contributed by atoms with Crippen LogP contribution in [0.3, 0.4) is 0 Å². The molecule has 132 valence electrons. The highest BCUT2D eigenvalue weighted by molar-refractivity contribution is 5.95. The Labute approximate surface area is 149 Å². The third-order valence-corrected chi connectivity index (χ3v) is 4.46. The van der Waals surface area contributed by atoms with Gasteiger partial charge in [-0.2, -0.15) is 0 Å². The summed E-state index contributed by atoms with van der Waals surface area (Å²) in [5.74, 6) is 0.792. The lowest BCUT2D eigenvalue weighted by Gasteiger charge is -2.23. The fraction of sp³-hybridized carbons (Fsp3) is 0.450. The van der Waals surface area contributed by atoms with Crippen molar-refractivity contribution in [3.05, 3.63) is 42.2 Å². The summed E-state index contributed by atoms with van der Waals surface area (Å²) >= 11 is 0. The van der Waals surface area contributed by atoms with Gasteiger partial charge in [0.2, 0.25) is 0 Å². The van der Waals surface area contributed by atoms with E-state index in [0.29, 0.717) is 11.6 Å². The van der Waals surface area contributed by atoms with Crippen LogP contribution in [0.5, 0.6) is 0 Å². The Morgan fingerprint density at radius 1 is 1.12 bits per heavy atom. The van der Waals surface area contributed by atoms with Crippen LogP contribution in [0.2, 0.25) is 0 Å². The first-order valence-corrected chi connectivity index (χ1v) is 9.12. The molecule has 5 heteroatoms. The maximum atomic E-state index is 12.2. The molecule has 1 aliphatic carbocycles. The lowest BCUT2D eigenvalue weighted by atomic mass is 9.95. The number of hydrogen-bond donors (Lipinski definition) is 2. The molecule has 1 amide bonds. The Kier molecular flexibility index (Phi) is 5.64. The fourth-order valence-corrected chi connectivity index (χ4v) is 3.22. The molecule has 1 saturated carbocycles. The molecule has 0 aliphatic heterocycles. The number of nitrogens with zero attached hydrogens (tertiary/aromatic N) is 2. The van der Waals surface area contributed by atoms with Gasteiger partial charge in [0.1, 0.15) is 12.1 Å². The molecule has 0 spiro atoms. The average molecular weight is 338 g/mol. The molecule has 1 aliphatic rings. The first-order valence-electron chi connectivity index (χ1n) is 9.12. The maximum absolute atomic E-state index is 12.2. The van der Waals surface area contributed by atoms with Crippen LogP contribution in [0.25, 0.3) is 11.3 Å². The minimum Gasteiger partial charge on any atom is -0.367 e. The lowest BCUT2D eigenvalue weighted by molar-refractivity contribution is 0.0943. The lowest BCUT2D eigenvalue weighted by Crippen LogP contribution is -2.30. The van der Waals surface area contributed by atoms with E-state index in [1.165, 1.54) is 32.1 Å². The SMILES string of the molecule is CC(C)NC(=O)c1cccc(-c2cc(NC3CCCCC3)ncn2)c1. The van der Waals surface area contributed by atoms with Crippen LogP contribution in [0.15, 0.2) is 36.7 Å². The standard InChI is InChI=1S/C20H26N4O/c1-14(2)23-20(25)16-8-6-7-15(11-16)18-12-19(22-13-21-18)24-17-9-4-3-5-10-17/h6-8,11-14,17H,3-5,9-10H2,1-2H3,(H,23,25)(H,21,22,24). The number of hydrogen-bond acceptors (Lipinski definition) is 4. The summed E-state index contributed by atoms with van der Waals surface area (Å²) < 4.78 is 0. The summed E-state index contributed by atoms with van der Waals surface area (Å²) in [6.07, 6.45) is 7.87. The normalized spacial score (nSPS) is 15.2. The number of amides is 1. The maximum Gasteiger partial charge on any atom is 0.251 e. The number of nitrogens with one attached hydrogen (secondary N) is 2. The molecule has 0 unspecified atom stereocenters. The van der Waals surface area contributed by atoms with E-state index in [1.54, 1.807) is 6.33 Å². The van der Waals surface area contributed by atoms with Crippen LogP contribution in [0, 0.1) is 0 Å². The third-order valence-electron chi connectivity index (χ3n) is 4.46. The van der Waals surface area contributed by atoms with Crippen LogP contribution >= 0.6 is 0 Å². The van der Waals surface area contributed by atoms with Crippen molar-refractivity contribution in [3.63, 3.8) is 0 Å². The molecule has 0 bridgehead atoms. The zero-order valence-electron chi connectivity index (χ0n) is 15.0. The van der Waals surface area contributed by atoms with Gasteiger partial charge in [-0.05, 0) is 38.8 Å². The second kappa shape index (κ2) is 8.10. The van der Waals surface area contributed by atoms with Crippen molar-refractivity contribution in [1.29, 1.82) is 0 Å². The van der Waals surface area contributed by atoms with E-state index in [2.05, 4.69) is 20.6 Å². The summed E-state index contributed by atoms with van der Waals surface area (Å²) in [5, 5.41) is 6.44. The second-order valence-electron chi connectivity index (χ2n) is 6.98. The highest BCUT2D eigenvalue weighted by atomic mass is 16.1. The molecule has 25 heavy (non-hydrogen) atoms. The summed E-state index contributed by atoms with van der Waals surface area (Å²) in [6, 6.07) is 10.1. The number of benzene rings is 1. The molecule has 0 saturated heterocycles. The van der Waals surface area contributed by atoms with E-state index in [9.17, 15) is 4.79 Å². The monoisotopic (exact) mass is 338 g/mol. The van der Waals surface area contributed by atoms with E-state index < -0.39 is 0 Å². The smallest absolute Gasteiger partial charge is 0.251 e. The van der Waals surface area contributed by atoms with Crippen molar-refractivity contribution in [2.75, 3.05) is 5.32 Å². The number of carbonyl (C=O) groups is 1. The zero-order chi connectivity index (χ0) is 17.6. The van der Waals surface area contributed by atoms with Gasteiger partial charge in [-0.3, -0.25) is 4.79 Å². The van der Waals surface area contributed by atoms with Crippen molar-refractivity contribution < 1.29 is 4.79 Å². The Morgan fingerprint density at radius 3 is 2.68 bits per heavy atom. The van der Waals surface area contributed by atoms with Crippen LogP contribution in [-0.4, -0.2) is 28.0 Å². The first-order chi connectivity index (χ1) is 12.1.